The maximum absolute atomic E-state index is 9.07. The summed E-state index contributed by atoms with van der Waals surface area (Å²) in [5.74, 6) is 1.19. The molecule has 15 heavy (non-hydrogen) atoms. The first-order valence-electron chi connectivity index (χ1n) is 5.81. The number of hydrogen-bond acceptors (Lipinski definition) is 1. The molecule has 0 saturated heterocycles. The molecule has 1 aromatic rings. The lowest BCUT2D eigenvalue weighted by molar-refractivity contribution is 0.267. The second-order valence-corrected chi connectivity index (χ2v) is 4.75. The number of hydrogen-bond donors (Lipinski definition) is 1. The van der Waals surface area contributed by atoms with Crippen molar-refractivity contribution >= 4 is 0 Å². The fraction of sp³-hybridized carbons (Fsp3) is 0.571. The van der Waals surface area contributed by atoms with Crippen molar-refractivity contribution in [3.05, 3.63) is 35.4 Å². The van der Waals surface area contributed by atoms with Crippen molar-refractivity contribution in [2.24, 2.45) is 5.92 Å². The summed E-state index contributed by atoms with van der Waals surface area (Å²) in [6.07, 6.45) is 2.03. The molecule has 1 heteroatoms. The third-order valence-electron chi connectivity index (χ3n) is 2.78. The zero-order valence-electron chi connectivity index (χ0n) is 10.0. The Bertz CT molecular complexity index is 274. The highest BCUT2D eigenvalue weighted by Gasteiger charge is 2.12. The van der Waals surface area contributed by atoms with Gasteiger partial charge in [-0.25, -0.2) is 0 Å². The molecule has 0 aliphatic carbocycles. The monoisotopic (exact) mass is 206 g/mol. The largest absolute Gasteiger partial charge is 0.396 e. The molecular weight excluding hydrogens is 184 g/mol. The summed E-state index contributed by atoms with van der Waals surface area (Å²) < 4.78 is 0. The van der Waals surface area contributed by atoms with Crippen LogP contribution in [0.25, 0.3) is 0 Å². The molecular formula is C14H22O. The highest BCUT2D eigenvalue weighted by atomic mass is 16.3. The predicted octanol–water partition coefficient (Wildman–Crippen LogP) is 3.51. The van der Waals surface area contributed by atoms with Crippen molar-refractivity contribution in [3.8, 4) is 0 Å². The van der Waals surface area contributed by atoms with E-state index in [1.807, 2.05) is 0 Å². The Kier molecular flexibility index (Phi) is 4.83. The molecule has 0 radical (unpaired) electrons. The van der Waals surface area contributed by atoms with Crippen LogP contribution in [0.4, 0.5) is 0 Å². The molecule has 0 aliphatic rings. The average Bonchev–Trinajstić information content (AvgIpc) is 2.17. The molecule has 1 aromatic carbocycles. The minimum Gasteiger partial charge on any atom is -0.396 e. The van der Waals surface area contributed by atoms with Gasteiger partial charge in [-0.3, -0.25) is 0 Å². The summed E-state index contributed by atoms with van der Waals surface area (Å²) in [5.41, 5.74) is 2.66. The van der Waals surface area contributed by atoms with E-state index >= 15 is 0 Å². The van der Waals surface area contributed by atoms with Gasteiger partial charge in [-0.05, 0) is 37.2 Å². The van der Waals surface area contributed by atoms with Crippen LogP contribution in [0.1, 0.15) is 43.7 Å². The van der Waals surface area contributed by atoms with E-state index in [2.05, 4.69) is 45.0 Å². The maximum Gasteiger partial charge on any atom is 0.0436 e. The zero-order valence-corrected chi connectivity index (χ0v) is 10.0. The number of aryl methyl sites for hydroxylation is 1. The smallest absolute Gasteiger partial charge is 0.0436 e. The molecule has 1 unspecified atom stereocenters. The fourth-order valence-corrected chi connectivity index (χ4v) is 1.98. The van der Waals surface area contributed by atoms with Crippen molar-refractivity contribution in [3.63, 3.8) is 0 Å². The predicted molar refractivity (Wildman–Crippen MR) is 65.1 cm³/mol. The van der Waals surface area contributed by atoms with Crippen LogP contribution >= 0.6 is 0 Å². The molecule has 1 nitrogen and oxygen atoms in total. The Morgan fingerprint density at radius 3 is 2.20 bits per heavy atom. The van der Waals surface area contributed by atoms with Gasteiger partial charge >= 0.3 is 0 Å². The Morgan fingerprint density at radius 1 is 1.13 bits per heavy atom. The van der Waals surface area contributed by atoms with Gasteiger partial charge in [0, 0.05) is 6.61 Å². The van der Waals surface area contributed by atoms with E-state index in [1.165, 1.54) is 11.1 Å². The van der Waals surface area contributed by atoms with Gasteiger partial charge in [0.25, 0.3) is 0 Å². The molecule has 0 aliphatic heterocycles. The van der Waals surface area contributed by atoms with Crippen LogP contribution in [0.15, 0.2) is 24.3 Å². The quantitative estimate of drug-likeness (QED) is 0.781. The lowest BCUT2D eigenvalue weighted by Gasteiger charge is -2.18. The van der Waals surface area contributed by atoms with Crippen LogP contribution in [-0.4, -0.2) is 11.7 Å². The lowest BCUT2D eigenvalue weighted by atomic mass is 9.88. The molecule has 84 valence electrons. The van der Waals surface area contributed by atoms with Gasteiger partial charge < -0.3 is 5.11 Å². The second kappa shape index (κ2) is 5.92. The Balaban J connectivity index is 2.74. The van der Waals surface area contributed by atoms with E-state index in [0.717, 1.165) is 12.8 Å². The van der Waals surface area contributed by atoms with Crippen LogP contribution in [-0.2, 0) is 0 Å². The SMILES string of the molecule is Cc1ccc(C(CCO)CC(C)C)cc1. The normalized spacial score (nSPS) is 13.1. The third kappa shape index (κ3) is 4.05. The van der Waals surface area contributed by atoms with E-state index < -0.39 is 0 Å². The van der Waals surface area contributed by atoms with Crippen molar-refractivity contribution in [1.82, 2.24) is 0 Å². The molecule has 0 aromatic heterocycles. The molecule has 1 rings (SSSR count). The topological polar surface area (TPSA) is 20.2 Å². The van der Waals surface area contributed by atoms with Crippen molar-refractivity contribution in [2.45, 2.75) is 39.5 Å². The third-order valence-corrected chi connectivity index (χ3v) is 2.78. The molecule has 0 amide bonds. The standard InChI is InChI=1S/C14H22O/c1-11(2)10-14(8-9-15)13-6-4-12(3)5-7-13/h4-7,11,14-15H,8-10H2,1-3H3. The molecule has 0 heterocycles. The minimum atomic E-state index is 0.283. The molecule has 0 fully saturated rings. The van der Waals surface area contributed by atoms with Crippen LogP contribution < -0.4 is 0 Å². The van der Waals surface area contributed by atoms with E-state index in [4.69, 9.17) is 5.11 Å². The van der Waals surface area contributed by atoms with Gasteiger partial charge in [-0.1, -0.05) is 43.7 Å². The minimum absolute atomic E-state index is 0.283. The highest BCUT2D eigenvalue weighted by Crippen LogP contribution is 2.26. The maximum atomic E-state index is 9.07. The van der Waals surface area contributed by atoms with Gasteiger partial charge in [-0.15, -0.1) is 0 Å². The second-order valence-electron chi connectivity index (χ2n) is 4.75. The molecule has 0 spiro atoms. The van der Waals surface area contributed by atoms with Crippen LogP contribution in [0.2, 0.25) is 0 Å². The number of aliphatic hydroxyl groups excluding tert-OH is 1. The lowest BCUT2D eigenvalue weighted by Crippen LogP contribution is -2.05. The summed E-state index contributed by atoms with van der Waals surface area (Å²) in [4.78, 5) is 0. The summed E-state index contributed by atoms with van der Waals surface area (Å²) in [6.45, 7) is 6.86. The Morgan fingerprint density at radius 2 is 1.73 bits per heavy atom. The van der Waals surface area contributed by atoms with Gasteiger partial charge in [-0.2, -0.15) is 0 Å². The molecule has 1 N–H and O–H groups in total. The summed E-state index contributed by atoms with van der Waals surface area (Å²) in [7, 11) is 0. The van der Waals surface area contributed by atoms with Crippen molar-refractivity contribution in [1.29, 1.82) is 0 Å². The zero-order chi connectivity index (χ0) is 11.3. The average molecular weight is 206 g/mol. The van der Waals surface area contributed by atoms with E-state index in [0.29, 0.717) is 11.8 Å². The molecule has 0 saturated carbocycles. The van der Waals surface area contributed by atoms with Crippen molar-refractivity contribution < 1.29 is 5.11 Å². The molecule has 0 bridgehead atoms. The summed E-state index contributed by atoms with van der Waals surface area (Å²) in [5, 5.41) is 9.07. The first kappa shape index (κ1) is 12.3. The van der Waals surface area contributed by atoms with Crippen LogP contribution in [0.3, 0.4) is 0 Å². The Labute approximate surface area is 93.1 Å². The van der Waals surface area contributed by atoms with Crippen LogP contribution in [0, 0.1) is 12.8 Å². The molecule has 1 atom stereocenters. The summed E-state index contributed by atoms with van der Waals surface area (Å²) in [6, 6.07) is 8.69. The van der Waals surface area contributed by atoms with Crippen LogP contribution in [0.5, 0.6) is 0 Å². The van der Waals surface area contributed by atoms with Crippen molar-refractivity contribution in [2.75, 3.05) is 6.61 Å². The number of aliphatic hydroxyl groups is 1. The number of rotatable bonds is 5. The van der Waals surface area contributed by atoms with Gasteiger partial charge in [0.2, 0.25) is 0 Å². The fourth-order valence-electron chi connectivity index (χ4n) is 1.98. The van der Waals surface area contributed by atoms with Gasteiger partial charge in [0.15, 0.2) is 0 Å². The highest BCUT2D eigenvalue weighted by molar-refractivity contribution is 5.24. The first-order chi connectivity index (χ1) is 7.13. The van der Waals surface area contributed by atoms with Gasteiger partial charge in [0.1, 0.15) is 0 Å². The summed E-state index contributed by atoms with van der Waals surface area (Å²) >= 11 is 0. The first-order valence-corrected chi connectivity index (χ1v) is 5.81. The Hall–Kier alpha value is -0.820. The van der Waals surface area contributed by atoms with Gasteiger partial charge in [0.05, 0.1) is 0 Å². The van der Waals surface area contributed by atoms with E-state index in [9.17, 15) is 0 Å². The van der Waals surface area contributed by atoms with E-state index in [-0.39, 0.29) is 6.61 Å². The van der Waals surface area contributed by atoms with E-state index in [1.54, 1.807) is 0 Å². The number of benzene rings is 1.